The van der Waals surface area contributed by atoms with Gasteiger partial charge in [-0.25, -0.2) is 0 Å². The minimum atomic E-state index is 0.309. The summed E-state index contributed by atoms with van der Waals surface area (Å²) in [5.74, 6) is 5.57. The van der Waals surface area contributed by atoms with Gasteiger partial charge in [-0.1, -0.05) is 13.8 Å². The maximum absolute atomic E-state index is 5.75. The van der Waals surface area contributed by atoms with E-state index in [0.717, 1.165) is 18.5 Å². The molecule has 90 valence electrons. The minimum absolute atomic E-state index is 0.309. The summed E-state index contributed by atoms with van der Waals surface area (Å²) in [5.41, 5.74) is 9.02. The zero-order valence-electron chi connectivity index (χ0n) is 10.3. The van der Waals surface area contributed by atoms with Crippen molar-refractivity contribution in [2.75, 3.05) is 0 Å². The van der Waals surface area contributed by atoms with E-state index in [1.807, 2.05) is 27.7 Å². The normalized spacial score (nSPS) is 25.3. The fourth-order valence-corrected chi connectivity index (χ4v) is 1.55. The molecule has 1 aliphatic rings. The first-order chi connectivity index (χ1) is 7.13. The van der Waals surface area contributed by atoms with Crippen molar-refractivity contribution in [2.45, 2.75) is 52.7 Å². The molecule has 0 spiro atoms. The third-order valence-electron chi connectivity index (χ3n) is 2.28. The highest BCUT2D eigenvalue weighted by molar-refractivity contribution is 5.06. The second-order valence-corrected chi connectivity index (χ2v) is 3.79. The Morgan fingerprint density at radius 1 is 1.40 bits per heavy atom. The summed E-state index contributed by atoms with van der Waals surface area (Å²) in [5, 5.41) is 0. The largest absolute Gasteiger partial charge is 0.401 e. The summed E-state index contributed by atoms with van der Waals surface area (Å²) in [6.45, 7) is 8.10. The molecule has 0 saturated heterocycles. The predicted octanol–water partition coefficient (Wildman–Crippen LogP) is 1.48. The van der Waals surface area contributed by atoms with E-state index in [1.54, 1.807) is 6.20 Å². The molecule has 0 radical (unpaired) electrons. The molecule has 0 atom stereocenters. The number of allylic oxidation sites excluding steroid dienone is 1. The average Bonchev–Trinajstić information content (AvgIpc) is 2.14. The fourth-order valence-electron chi connectivity index (χ4n) is 1.55. The van der Waals surface area contributed by atoms with E-state index in [-0.39, 0.29) is 0 Å². The Morgan fingerprint density at radius 2 is 1.93 bits per heavy atom. The van der Waals surface area contributed by atoms with Crippen LogP contribution in [0.3, 0.4) is 0 Å². The molecule has 4 heteroatoms. The molecule has 1 rings (SSSR count). The molecule has 0 amide bonds. The van der Waals surface area contributed by atoms with Crippen LogP contribution in [0, 0.1) is 5.92 Å². The maximum Gasteiger partial charge on any atom is 0.0591 e. The lowest BCUT2D eigenvalue weighted by molar-refractivity contribution is -0.0542. The number of hydrogen-bond donors (Lipinski definition) is 3. The quantitative estimate of drug-likeness (QED) is 0.490. The van der Waals surface area contributed by atoms with E-state index in [0.29, 0.717) is 18.1 Å². The van der Waals surface area contributed by atoms with Crippen LogP contribution in [0.2, 0.25) is 0 Å². The van der Waals surface area contributed by atoms with Crippen LogP contribution in [0.25, 0.3) is 0 Å². The van der Waals surface area contributed by atoms with Gasteiger partial charge >= 0.3 is 0 Å². The summed E-state index contributed by atoms with van der Waals surface area (Å²) in [6, 6.07) is 0. The third kappa shape index (κ3) is 5.04. The number of hydrazine groups is 1. The van der Waals surface area contributed by atoms with Crippen molar-refractivity contribution in [3.63, 3.8) is 0 Å². The van der Waals surface area contributed by atoms with Gasteiger partial charge in [-0.15, -0.1) is 0 Å². The Labute approximate surface area is 93.0 Å². The topological polar surface area (TPSA) is 73.3 Å². The van der Waals surface area contributed by atoms with Crippen molar-refractivity contribution in [3.05, 3.63) is 11.9 Å². The summed E-state index contributed by atoms with van der Waals surface area (Å²) in [7, 11) is 0. The highest BCUT2D eigenvalue weighted by Crippen LogP contribution is 2.34. The van der Waals surface area contributed by atoms with Gasteiger partial charge in [0.05, 0.1) is 12.2 Å². The molecule has 0 aromatic carbocycles. The zero-order valence-corrected chi connectivity index (χ0v) is 10.3. The molecule has 1 saturated carbocycles. The molecular weight excluding hydrogens is 190 g/mol. The highest BCUT2D eigenvalue weighted by atomic mass is 16.5. The smallest absolute Gasteiger partial charge is 0.0591 e. The van der Waals surface area contributed by atoms with E-state index >= 15 is 0 Å². The lowest BCUT2D eigenvalue weighted by Crippen LogP contribution is -2.37. The molecule has 0 aromatic rings. The van der Waals surface area contributed by atoms with Crippen LogP contribution < -0.4 is 17.0 Å². The molecule has 0 aromatic heterocycles. The van der Waals surface area contributed by atoms with Crippen LogP contribution in [0.4, 0.5) is 0 Å². The van der Waals surface area contributed by atoms with E-state index in [1.165, 1.54) is 0 Å². The number of hydrogen-bond acceptors (Lipinski definition) is 4. The lowest BCUT2D eigenvalue weighted by Gasteiger charge is -2.36. The Bertz CT molecular complexity index is 186. The molecule has 1 aliphatic carbocycles. The van der Waals surface area contributed by atoms with Crippen molar-refractivity contribution < 1.29 is 4.74 Å². The number of nitrogens with one attached hydrogen (secondary N) is 1. The van der Waals surface area contributed by atoms with Gasteiger partial charge in [-0.2, -0.15) is 0 Å². The number of rotatable bonds is 4. The molecule has 4 nitrogen and oxygen atoms in total. The summed E-state index contributed by atoms with van der Waals surface area (Å²) in [4.78, 5) is 0. The SMILES string of the molecule is CC.CC(C)OC1CC(/C(N)=C/NN)C1. The van der Waals surface area contributed by atoms with Crippen molar-refractivity contribution in [1.82, 2.24) is 5.43 Å². The van der Waals surface area contributed by atoms with Gasteiger partial charge in [0.1, 0.15) is 0 Å². The molecule has 0 aliphatic heterocycles. The van der Waals surface area contributed by atoms with Gasteiger partial charge in [-0.3, -0.25) is 5.84 Å². The highest BCUT2D eigenvalue weighted by Gasteiger charge is 2.31. The van der Waals surface area contributed by atoms with E-state index in [4.69, 9.17) is 16.3 Å². The zero-order chi connectivity index (χ0) is 11.8. The Balaban J connectivity index is 0.000000921. The Kier molecular flexibility index (Phi) is 7.17. The molecule has 1 fully saturated rings. The van der Waals surface area contributed by atoms with Crippen LogP contribution in [0.15, 0.2) is 11.9 Å². The van der Waals surface area contributed by atoms with Crippen molar-refractivity contribution in [2.24, 2.45) is 17.5 Å². The molecule has 0 heterocycles. The van der Waals surface area contributed by atoms with E-state index in [9.17, 15) is 0 Å². The summed E-state index contributed by atoms with van der Waals surface area (Å²) >= 11 is 0. The minimum Gasteiger partial charge on any atom is -0.401 e. The van der Waals surface area contributed by atoms with Gasteiger partial charge in [0.15, 0.2) is 0 Å². The van der Waals surface area contributed by atoms with Crippen LogP contribution in [0.5, 0.6) is 0 Å². The fraction of sp³-hybridized carbons (Fsp3) is 0.818. The molecule has 15 heavy (non-hydrogen) atoms. The monoisotopic (exact) mass is 215 g/mol. The second kappa shape index (κ2) is 7.54. The molecule has 5 N–H and O–H groups in total. The van der Waals surface area contributed by atoms with Gasteiger partial charge in [0.25, 0.3) is 0 Å². The predicted molar refractivity (Wildman–Crippen MR) is 63.7 cm³/mol. The average molecular weight is 215 g/mol. The first kappa shape index (κ1) is 14.3. The first-order valence-electron chi connectivity index (χ1n) is 5.70. The molecular formula is C11H25N3O. The molecule has 0 unspecified atom stereocenters. The Hall–Kier alpha value is -0.740. The van der Waals surface area contributed by atoms with Crippen molar-refractivity contribution in [3.8, 4) is 0 Å². The van der Waals surface area contributed by atoms with Crippen LogP contribution in [0.1, 0.15) is 40.5 Å². The number of ether oxygens (including phenoxy) is 1. The first-order valence-corrected chi connectivity index (χ1v) is 5.70. The Morgan fingerprint density at radius 3 is 2.33 bits per heavy atom. The summed E-state index contributed by atoms with van der Waals surface area (Å²) < 4.78 is 5.61. The lowest BCUT2D eigenvalue weighted by atomic mass is 9.80. The van der Waals surface area contributed by atoms with Crippen LogP contribution in [-0.4, -0.2) is 12.2 Å². The van der Waals surface area contributed by atoms with Crippen LogP contribution >= 0.6 is 0 Å². The van der Waals surface area contributed by atoms with Gasteiger partial charge < -0.3 is 15.9 Å². The van der Waals surface area contributed by atoms with Crippen LogP contribution in [-0.2, 0) is 4.74 Å². The maximum atomic E-state index is 5.75. The third-order valence-corrected chi connectivity index (χ3v) is 2.28. The number of nitrogens with two attached hydrogens (primary N) is 2. The second-order valence-electron chi connectivity index (χ2n) is 3.79. The van der Waals surface area contributed by atoms with Gasteiger partial charge in [0.2, 0.25) is 0 Å². The molecule has 0 bridgehead atoms. The summed E-state index contributed by atoms with van der Waals surface area (Å²) in [6.07, 6.45) is 4.37. The van der Waals surface area contributed by atoms with E-state index < -0.39 is 0 Å². The van der Waals surface area contributed by atoms with Gasteiger partial charge in [0, 0.05) is 17.8 Å². The van der Waals surface area contributed by atoms with Crippen molar-refractivity contribution >= 4 is 0 Å². The van der Waals surface area contributed by atoms with E-state index in [2.05, 4.69) is 5.43 Å². The standard InChI is InChI=1S/C9H19N3O.C2H6/c1-6(2)13-8-3-7(4-8)9(10)5-12-11;1-2/h5-8,12H,3-4,10-11H2,1-2H3;1-2H3/b9-5-;. The van der Waals surface area contributed by atoms with Crippen molar-refractivity contribution in [1.29, 1.82) is 0 Å². The van der Waals surface area contributed by atoms with Gasteiger partial charge in [-0.05, 0) is 26.7 Å².